The first kappa shape index (κ1) is 13.1. The molecule has 0 radical (unpaired) electrons. The second-order valence-corrected chi connectivity index (χ2v) is 4.24. The van der Waals surface area contributed by atoms with E-state index < -0.39 is 5.97 Å². The van der Waals surface area contributed by atoms with Gasteiger partial charge in [-0.05, 0) is 29.7 Å². The maximum absolute atomic E-state index is 10.4. The highest BCUT2D eigenvalue weighted by Gasteiger charge is 2.01. The molecule has 3 nitrogen and oxygen atoms in total. The monoisotopic (exact) mass is 256 g/mol. The number of ether oxygens (including phenoxy) is 1. The zero-order valence-electron chi connectivity index (χ0n) is 10.6. The number of carbonyl (C=O) groups is 1. The maximum Gasteiger partial charge on any atom is 0.303 e. The SMILES string of the molecule is O=C(O)CCCOc1cccc(-c2ccccc2)c1. The van der Waals surface area contributed by atoms with Crippen LogP contribution in [0, 0.1) is 0 Å². The minimum absolute atomic E-state index is 0.137. The van der Waals surface area contributed by atoms with E-state index in [9.17, 15) is 4.79 Å². The van der Waals surface area contributed by atoms with Crippen molar-refractivity contribution < 1.29 is 14.6 Å². The molecule has 0 heterocycles. The standard InChI is InChI=1S/C16H16O3/c17-16(18)10-5-11-19-15-9-4-8-14(12-15)13-6-2-1-3-7-13/h1-4,6-9,12H,5,10-11H2,(H,17,18). The number of carboxylic acid groups (broad SMARTS) is 1. The Morgan fingerprint density at radius 2 is 1.74 bits per heavy atom. The third kappa shape index (κ3) is 4.14. The van der Waals surface area contributed by atoms with Gasteiger partial charge in [-0.2, -0.15) is 0 Å². The van der Waals surface area contributed by atoms with E-state index >= 15 is 0 Å². The van der Waals surface area contributed by atoms with Gasteiger partial charge in [0.1, 0.15) is 5.75 Å². The van der Waals surface area contributed by atoms with Gasteiger partial charge in [-0.3, -0.25) is 4.79 Å². The van der Waals surface area contributed by atoms with Gasteiger partial charge in [0.25, 0.3) is 0 Å². The Kier molecular flexibility index (Phi) is 4.56. The number of rotatable bonds is 6. The molecular weight excluding hydrogens is 240 g/mol. The molecule has 0 spiro atoms. The number of aliphatic carboxylic acids is 1. The lowest BCUT2D eigenvalue weighted by molar-refractivity contribution is -0.137. The molecule has 0 saturated heterocycles. The van der Waals surface area contributed by atoms with Gasteiger partial charge >= 0.3 is 5.97 Å². The van der Waals surface area contributed by atoms with Gasteiger partial charge in [0.05, 0.1) is 6.61 Å². The average molecular weight is 256 g/mol. The van der Waals surface area contributed by atoms with E-state index in [2.05, 4.69) is 0 Å². The summed E-state index contributed by atoms with van der Waals surface area (Å²) in [6, 6.07) is 17.9. The van der Waals surface area contributed by atoms with Gasteiger partial charge in [0.15, 0.2) is 0 Å². The number of hydrogen-bond donors (Lipinski definition) is 1. The van der Waals surface area contributed by atoms with Crippen LogP contribution < -0.4 is 4.74 Å². The van der Waals surface area contributed by atoms with Crippen molar-refractivity contribution in [1.29, 1.82) is 0 Å². The van der Waals surface area contributed by atoms with E-state index in [4.69, 9.17) is 9.84 Å². The average Bonchev–Trinajstić information content (AvgIpc) is 2.45. The Morgan fingerprint density at radius 1 is 1.00 bits per heavy atom. The van der Waals surface area contributed by atoms with E-state index in [-0.39, 0.29) is 6.42 Å². The minimum Gasteiger partial charge on any atom is -0.494 e. The molecule has 2 aromatic rings. The molecule has 0 atom stereocenters. The highest BCUT2D eigenvalue weighted by Crippen LogP contribution is 2.23. The molecule has 2 rings (SSSR count). The van der Waals surface area contributed by atoms with E-state index in [1.54, 1.807) is 0 Å². The smallest absolute Gasteiger partial charge is 0.303 e. The molecule has 19 heavy (non-hydrogen) atoms. The second-order valence-electron chi connectivity index (χ2n) is 4.24. The summed E-state index contributed by atoms with van der Waals surface area (Å²) in [6.45, 7) is 0.421. The molecule has 1 N–H and O–H groups in total. The molecule has 0 fully saturated rings. The summed E-state index contributed by atoms with van der Waals surface area (Å²) < 4.78 is 5.56. The summed E-state index contributed by atoms with van der Waals surface area (Å²) >= 11 is 0. The van der Waals surface area contributed by atoms with Crippen LogP contribution in [0.3, 0.4) is 0 Å². The van der Waals surface area contributed by atoms with Gasteiger partial charge in [0.2, 0.25) is 0 Å². The van der Waals surface area contributed by atoms with Crippen LogP contribution in [0.1, 0.15) is 12.8 Å². The number of hydrogen-bond acceptors (Lipinski definition) is 2. The van der Waals surface area contributed by atoms with Crippen LogP contribution in [0.2, 0.25) is 0 Å². The highest BCUT2D eigenvalue weighted by molar-refractivity contribution is 5.66. The maximum atomic E-state index is 10.4. The molecular formula is C16H16O3. The summed E-state index contributed by atoms with van der Waals surface area (Å²) in [4.78, 5) is 10.4. The number of carboxylic acids is 1. The first-order valence-electron chi connectivity index (χ1n) is 6.26. The van der Waals surface area contributed by atoms with Gasteiger partial charge < -0.3 is 9.84 Å². The van der Waals surface area contributed by atoms with E-state index in [1.165, 1.54) is 0 Å². The van der Waals surface area contributed by atoms with Crippen molar-refractivity contribution >= 4 is 5.97 Å². The molecule has 0 amide bonds. The Morgan fingerprint density at radius 3 is 2.47 bits per heavy atom. The van der Waals surface area contributed by atoms with Crippen LogP contribution in [0.4, 0.5) is 0 Å². The highest BCUT2D eigenvalue weighted by atomic mass is 16.5. The lowest BCUT2D eigenvalue weighted by Gasteiger charge is -2.07. The molecule has 2 aromatic carbocycles. The first-order chi connectivity index (χ1) is 9.25. The fourth-order valence-corrected chi connectivity index (χ4v) is 1.81. The van der Waals surface area contributed by atoms with Gasteiger partial charge in [-0.25, -0.2) is 0 Å². The molecule has 0 aromatic heterocycles. The van der Waals surface area contributed by atoms with E-state index in [0.717, 1.165) is 16.9 Å². The zero-order valence-corrected chi connectivity index (χ0v) is 10.6. The van der Waals surface area contributed by atoms with E-state index in [0.29, 0.717) is 13.0 Å². The summed E-state index contributed by atoms with van der Waals surface area (Å²) in [5, 5.41) is 8.55. The fourth-order valence-electron chi connectivity index (χ4n) is 1.81. The predicted molar refractivity (Wildman–Crippen MR) is 74.2 cm³/mol. The Labute approximate surface area is 112 Å². The zero-order chi connectivity index (χ0) is 13.5. The second kappa shape index (κ2) is 6.59. The molecule has 0 aliphatic carbocycles. The van der Waals surface area contributed by atoms with Crippen LogP contribution in [-0.2, 0) is 4.79 Å². The summed E-state index contributed by atoms with van der Waals surface area (Å²) in [6.07, 6.45) is 0.656. The van der Waals surface area contributed by atoms with Crippen molar-refractivity contribution in [3.8, 4) is 16.9 Å². The molecule has 0 aliphatic rings. The largest absolute Gasteiger partial charge is 0.494 e. The molecule has 98 valence electrons. The summed E-state index contributed by atoms with van der Waals surface area (Å²) in [5.74, 6) is -0.0200. The molecule has 3 heteroatoms. The van der Waals surface area contributed by atoms with E-state index in [1.807, 2.05) is 54.6 Å². The Balaban J connectivity index is 1.98. The lowest BCUT2D eigenvalue weighted by Crippen LogP contribution is -2.02. The molecule has 0 unspecified atom stereocenters. The molecule has 0 bridgehead atoms. The first-order valence-corrected chi connectivity index (χ1v) is 6.26. The Hall–Kier alpha value is -2.29. The summed E-state index contributed by atoms with van der Waals surface area (Å²) in [7, 11) is 0. The molecule has 0 saturated carbocycles. The van der Waals surface area contributed by atoms with Crippen LogP contribution >= 0.6 is 0 Å². The Bertz CT molecular complexity index is 535. The van der Waals surface area contributed by atoms with Crippen LogP contribution in [0.5, 0.6) is 5.75 Å². The third-order valence-electron chi connectivity index (χ3n) is 2.74. The van der Waals surface area contributed by atoms with Crippen molar-refractivity contribution in [3.05, 3.63) is 54.6 Å². The number of benzene rings is 2. The van der Waals surface area contributed by atoms with Gasteiger partial charge in [0, 0.05) is 6.42 Å². The normalized spacial score (nSPS) is 10.1. The molecule has 0 aliphatic heterocycles. The fraction of sp³-hybridized carbons (Fsp3) is 0.188. The van der Waals surface area contributed by atoms with Crippen molar-refractivity contribution in [2.24, 2.45) is 0 Å². The summed E-state index contributed by atoms with van der Waals surface area (Å²) in [5.41, 5.74) is 2.23. The van der Waals surface area contributed by atoms with Gasteiger partial charge in [-0.1, -0.05) is 42.5 Å². The van der Waals surface area contributed by atoms with Gasteiger partial charge in [-0.15, -0.1) is 0 Å². The van der Waals surface area contributed by atoms with Crippen molar-refractivity contribution in [3.63, 3.8) is 0 Å². The van der Waals surface area contributed by atoms with Crippen molar-refractivity contribution in [2.75, 3.05) is 6.61 Å². The topological polar surface area (TPSA) is 46.5 Å². The lowest BCUT2D eigenvalue weighted by atomic mass is 10.1. The third-order valence-corrected chi connectivity index (χ3v) is 2.74. The van der Waals surface area contributed by atoms with Crippen molar-refractivity contribution in [2.45, 2.75) is 12.8 Å². The van der Waals surface area contributed by atoms with Crippen LogP contribution in [-0.4, -0.2) is 17.7 Å². The van der Waals surface area contributed by atoms with Crippen LogP contribution in [0.25, 0.3) is 11.1 Å². The minimum atomic E-state index is -0.790. The quantitative estimate of drug-likeness (QED) is 0.803. The van der Waals surface area contributed by atoms with Crippen LogP contribution in [0.15, 0.2) is 54.6 Å². The predicted octanol–water partition coefficient (Wildman–Crippen LogP) is 3.60. The van der Waals surface area contributed by atoms with Crippen molar-refractivity contribution in [1.82, 2.24) is 0 Å².